The van der Waals surface area contributed by atoms with E-state index < -0.39 is 0 Å². The SMILES string of the molecule is C=C/C(=C\C)c1cccc(-c2cccc(-c3cccc(-c4cccc(C)c4)c3)c2)c1. The summed E-state index contributed by atoms with van der Waals surface area (Å²) in [6, 6.07) is 34.9. The number of rotatable bonds is 5. The second-order valence-electron chi connectivity index (χ2n) is 7.56. The van der Waals surface area contributed by atoms with Crippen molar-refractivity contribution in [1.29, 1.82) is 0 Å². The zero-order chi connectivity index (χ0) is 20.9. The van der Waals surface area contributed by atoms with Crippen molar-refractivity contribution in [3.63, 3.8) is 0 Å². The smallest absolute Gasteiger partial charge is 0.0178 e. The highest BCUT2D eigenvalue weighted by Gasteiger charge is 2.06. The molecule has 0 saturated heterocycles. The van der Waals surface area contributed by atoms with Crippen LogP contribution in [0.4, 0.5) is 0 Å². The first-order valence-corrected chi connectivity index (χ1v) is 10.3. The lowest BCUT2D eigenvalue weighted by Crippen LogP contribution is -1.86. The van der Waals surface area contributed by atoms with E-state index in [1.54, 1.807) is 0 Å². The van der Waals surface area contributed by atoms with E-state index >= 15 is 0 Å². The Hall–Kier alpha value is -3.64. The molecule has 4 aromatic carbocycles. The van der Waals surface area contributed by atoms with E-state index in [4.69, 9.17) is 0 Å². The maximum atomic E-state index is 3.93. The van der Waals surface area contributed by atoms with Gasteiger partial charge in [0.2, 0.25) is 0 Å². The molecule has 0 heteroatoms. The Labute approximate surface area is 179 Å². The highest BCUT2D eigenvalue weighted by molar-refractivity contribution is 5.80. The van der Waals surface area contributed by atoms with Crippen molar-refractivity contribution in [2.24, 2.45) is 0 Å². The number of benzene rings is 4. The summed E-state index contributed by atoms with van der Waals surface area (Å²) < 4.78 is 0. The molecule has 146 valence electrons. The molecule has 0 N–H and O–H groups in total. The van der Waals surface area contributed by atoms with Crippen LogP contribution >= 0.6 is 0 Å². The third kappa shape index (κ3) is 4.18. The number of allylic oxidation sites excluding steroid dienone is 3. The molecule has 4 aromatic rings. The highest BCUT2D eigenvalue weighted by Crippen LogP contribution is 2.31. The van der Waals surface area contributed by atoms with Gasteiger partial charge >= 0.3 is 0 Å². The fourth-order valence-electron chi connectivity index (χ4n) is 3.86. The molecule has 0 aliphatic rings. The van der Waals surface area contributed by atoms with Gasteiger partial charge in [-0.1, -0.05) is 103 Å². The molecule has 0 spiro atoms. The van der Waals surface area contributed by atoms with Gasteiger partial charge in [-0.3, -0.25) is 0 Å². The van der Waals surface area contributed by atoms with Crippen molar-refractivity contribution in [3.8, 4) is 33.4 Å². The Morgan fingerprint density at radius 3 is 1.50 bits per heavy atom. The quantitative estimate of drug-likeness (QED) is 0.301. The van der Waals surface area contributed by atoms with Crippen LogP contribution in [0.3, 0.4) is 0 Å². The molecule has 0 bridgehead atoms. The molecule has 0 atom stereocenters. The molecule has 0 fully saturated rings. The molecule has 0 amide bonds. The third-order valence-corrected chi connectivity index (χ3v) is 5.47. The molecule has 4 rings (SSSR count). The fourth-order valence-corrected chi connectivity index (χ4v) is 3.86. The second-order valence-corrected chi connectivity index (χ2v) is 7.56. The van der Waals surface area contributed by atoms with Crippen LogP contribution in [0.2, 0.25) is 0 Å². The van der Waals surface area contributed by atoms with Gasteiger partial charge < -0.3 is 0 Å². The first kappa shape index (κ1) is 19.7. The predicted octanol–water partition coefficient (Wildman–Crippen LogP) is 8.59. The maximum Gasteiger partial charge on any atom is -0.0178 e. The van der Waals surface area contributed by atoms with E-state index in [1.807, 2.05) is 13.0 Å². The van der Waals surface area contributed by atoms with Crippen LogP contribution in [0, 0.1) is 6.92 Å². The Morgan fingerprint density at radius 1 is 0.600 bits per heavy atom. The van der Waals surface area contributed by atoms with Gasteiger partial charge in [0.05, 0.1) is 0 Å². The molecular formula is C30H26. The van der Waals surface area contributed by atoms with Gasteiger partial charge in [0.1, 0.15) is 0 Å². The second kappa shape index (κ2) is 8.80. The summed E-state index contributed by atoms with van der Waals surface area (Å²) in [5.41, 5.74) is 11.0. The minimum absolute atomic E-state index is 1.15. The summed E-state index contributed by atoms with van der Waals surface area (Å²) in [6.07, 6.45) is 4.01. The average molecular weight is 387 g/mol. The van der Waals surface area contributed by atoms with Crippen LogP contribution in [-0.2, 0) is 0 Å². The summed E-state index contributed by atoms with van der Waals surface area (Å²) in [5, 5.41) is 0. The van der Waals surface area contributed by atoms with Crippen molar-refractivity contribution < 1.29 is 0 Å². The van der Waals surface area contributed by atoms with Crippen LogP contribution in [-0.4, -0.2) is 0 Å². The molecular weight excluding hydrogens is 360 g/mol. The Balaban J connectivity index is 1.72. The highest BCUT2D eigenvalue weighted by atomic mass is 14.1. The van der Waals surface area contributed by atoms with Crippen molar-refractivity contribution >= 4 is 5.57 Å². The van der Waals surface area contributed by atoms with Crippen molar-refractivity contribution in [2.45, 2.75) is 13.8 Å². The zero-order valence-electron chi connectivity index (χ0n) is 17.6. The zero-order valence-corrected chi connectivity index (χ0v) is 17.6. The van der Waals surface area contributed by atoms with E-state index in [0.29, 0.717) is 0 Å². The molecule has 0 unspecified atom stereocenters. The minimum atomic E-state index is 1.15. The van der Waals surface area contributed by atoms with Crippen molar-refractivity contribution in [2.75, 3.05) is 0 Å². The average Bonchev–Trinajstić information content (AvgIpc) is 2.80. The van der Waals surface area contributed by atoms with Crippen LogP contribution in [0.5, 0.6) is 0 Å². The van der Waals surface area contributed by atoms with Gasteiger partial charge in [-0.25, -0.2) is 0 Å². The summed E-state index contributed by atoms with van der Waals surface area (Å²) in [4.78, 5) is 0. The number of hydrogen-bond acceptors (Lipinski definition) is 0. The largest absolute Gasteiger partial charge is 0.0985 e. The minimum Gasteiger partial charge on any atom is -0.0985 e. The van der Waals surface area contributed by atoms with Crippen molar-refractivity contribution in [1.82, 2.24) is 0 Å². The lowest BCUT2D eigenvalue weighted by Gasteiger charge is -2.10. The summed E-state index contributed by atoms with van der Waals surface area (Å²) in [6.45, 7) is 8.12. The molecule has 0 aliphatic heterocycles. The molecule has 0 radical (unpaired) electrons. The molecule has 0 aliphatic carbocycles. The van der Waals surface area contributed by atoms with Gasteiger partial charge in [-0.2, -0.15) is 0 Å². The first-order chi connectivity index (χ1) is 14.7. The molecule has 0 saturated carbocycles. The molecule has 0 heterocycles. The van der Waals surface area contributed by atoms with Crippen LogP contribution in [0.1, 0.15) is 18.1 Å². The first-order valence-electron chi connectivity index (χ1n) is 10.3. The van der Waals surface area contributed by atoms with Gasteiger partial charge in [-0.15, -0.1) is 0 Å². The van der Waals surface area contributed by atoms with Gasteiger partial charge in [-0.05, 0) is 76.6 Å². The van der Waals surface area contributed by atoms with Gasteiger partial charge in [0, 0.05) is 0 Å². The topological polar surface area (TPSA) is 0 Å². The Kier molecular flexibility index (Phi) is 5.77. The molecule has 0 nitrogen and oxygen atoms in total. The van der Waals surface area contributed by atoms with Gasteiger partial charge in [0.25, 0.3) is 0 Å². The lowest BCUT2D eigenvalue weighted by atomic mass is 9.94. The lowest BCUT2D eigenvalue weighted by molar-refractivity contribution is 1.47. The van der Waals surface area contributed by atoms with Crippen LogP contribution < -0.4 is 0 Å². The van der Waals surface area contributed by atoms with E-state index in [9.17, 15) is 0 Å². The summed E-state index contributed by atoms with van der Waals surface area (Å²) in [7, 11) is 0. The van der Waals surface area contributed by atoms with Crippen molar-refractivity contribution in [3.05, 3.63) is 127 Å². The fraction of sp³-hybridized carbons (Fsp3) is 0.0667. The maximum absolute atomic E-state index is 3.93. The third-order valence-electron chi connectivity index (χ3n) is 5.47. The normalized spacial score (nSPS) is 11.3. The number of hydrogen-bond donors (Lipinski definition) is 0. The molecule has 30 heavy (non-hydrogen) atoms. The summed E-state index contributed by atoms with van der Waals surface area (Å²) >= 11 is 0. The van der Waals surface area contributed by atoms with Gasteiger partial charge in [0.15, 0.2) is 0 Å². The predicted molar refractivity (Wildman–Crippen MR) is 131 cm³/mol. The Morgan fingerprint density at radius 2 is 1.03 bits per heavy atom. The van der Waals surface area contributed by atoms with E-state index in [1.165, 1.54) is 44.5 Å². The monoisotopic (exact) mass is 386 g/mol. The van der Waals surface area contributed by atoms with E-state index in [-0.39, 0.29) is 0 Å². The standard InChI is InChI=1S/C30H26/c1-4-23(5-2)25-12-7-14-27(19-25)29-16-9-17-30(21-29)28-15-8-13-26(20-28)24-11-6-10-22(3)18-24/h4-21H,1H2,2-3H3/b23-5+. The summed E-state index contributed by atoms with van der Waals surface area (Å²) in [5.74, 6) is 0. The van der Waals surface area contributed by atoms with Crippen LogP contribution in [0.25, 0.3) is 39.0 Å². The number of aryl methyl sites for hydroxylation is 1. The Bertz CT molecular complexity index is 1220. The van der Waals surface area contributed by atoms with E-state index in [2.05, 4.69) is 117 Å². The van der Waals surface area contributed by atoms with Crippen LogP contribution in [0.15, 0.2) is 116 Å². The molecule has 0 aromatic heterocycles. The van der Waals surface area contributed by atoms with E-state index in [0.717, 1.165) is 5.57 Å².